The molecular weight excluding hydrogens is 372 g/mol. The smallest absolute Gasteiger partial charge is 0.261 e. The van der Waals surface area contributed by atoms with E-state index in [2.05, 4.69) is 25.0 Å². The topological polar surface area (TPSA) is 67.2 Å². The molecule has 1 saturated heterocycles. The second kappa shape index (κ2) is 6.84. The maximum Gasteiger partial charge on any atom is 0.261 e. The molecule has 0 N–H and O–H groups in total. The highest BCUT2D eigenvalue weighted by Crippen LogP contribution is 2.42. The second-order valence-corrected chi connectivity index (χ2v) is 8.91. The van der Waals surface area contributed by atoms with Crippen molar-refractivity contribution in [1.82, 2.24) is 19.7 Å². The molecule has 0 unspecified atom stereocenters. The Morgan fingerprint density at radius 2 is 1.82 bits per heavy atom. The molecule has 1 aromatic carbocycles. The van der Waals surface area contributed by atoms with Gasteiger partial charge in [-0.1, -0.05) is 11.3 Å². The summed E-state index contributed by atoms with van der Waals surface area (Å²) in [5, 5.41) is 11.7. The van der Waals surface area contributed by atoms with Crippen molar-refractivity contribution in [3.05, 3.63) is 39.9 Å². The van der Waals surface area contributed by atoms with Crippen LogP contribution in [0.25, 0.3) is 10.9 Å². The maximum atomic E-state index is 12.6. The molecule has 2 aromatic heterocycles. The molecule has 0 atom stereocenters. The van der Waals surface area contributed by atoms with Crippen LogP contribution < -0.4 is 15.4 Å². The van der Waals surface area contributed by atoms with Crippen molar-refractivity contribution in [3.63, 3.8) is 0 Å². The minimum Gasteiger partial charge on any atom is -0.368 e. The molecule has 5 rings (SSSR count). The third kappa shape index (κ3) is 3.15. The predicted molar refractivity (Wildman–Crippen MR) is 113 cm³/mol. The van der Waals surface area contributed by atoms with E-state index >= 15 is 0 Å². The summed E-state index contributed by atoms with van der Waals surface area (Å²) in [6.45, 7) is 7.70. The zero-order valence-corrected chi connectivity index (χ0v) is 17.0. The van der Waals surface area contributed by atoms with Crippen molar-refractivity contribution in [2.24, 2.45) is 0 Å². The van der Waals surface area contributed by atoms with Gasteiger partial charge in [0, 0.05) is 43.8 Å². The van der Waals surface area contributed by atoms with Crippen LogP contribution in [0.5, 0.6) is 0 Å². The van der Waals surface area contributed by atoms with Crippen LogP contribution in [0.3, 0.4) is 0 Å². The van der Waals surface area contributed by atoms with Gasteiger partial charge in [0.15, 0.2) is 0 Å². The van der Waals surface area contributed by atoms with Crippen molar-refractivity contribution in [2.75, 3.05) is 36.0 Å². The third-order valence-corrected chi connectivity index (χ3v) is 6.74. The fraction of sp³-hybridized carbons (Fsp3) is 0.500. The quantitative estimate of drug-likeness (QED) is 0.675. The van der Waals surface area contributed by atoms with Gasteiger partial charge in [-0.15, -0.1) is 10.2 Å². The number of hydrogen-bond acceptors (Lipinski definition) is 7. The summed E-state index contributed by atoms with van der Waals surface area (Å²) >= 11 is 1.75. The van der Waals surface area contributed by atoms with Crippen LogP contribution in [-0.4, -0.2) is 45.9 Å². The van der Waals surface area contributed by atoms with E-state index in [-0.39, 0.29) is 11.6 Å². The zero-order valence-electron chi connectivity index (χ0n) is 16.2. The Bertz CT molecular complexity index is 1060. The fourth-order valence-corrected chi connectivity index (χ4v) is 4.76. The van der Waals surface area contributed by atoms with E-state index in [9.17, 15) is 4.79 Å². The molecule has 1 saturated carbocycles. The Morgan fingerprint density at radius 1 is 1.07 bits per heavy atom. The van der Waals surface area contributed by atoms with Gasteiger partial charge < -0.3 is 9.80 Å². The van der Waals surface area contributed by atoms with Crippen molar-refractivity contribution in [1.29, 1.82) is 0 Å². The third-order valence-electron chi connectivity index (χ3n) is 5.60. The second-order valence-electron chi connectivity index (χ2n) is 7.92. The standard InChI is InChI=1S/C20H24N6OS/c1-13(2)26-12-21-17-11-15(5-6-16(17)19(26)27)24-7-9-25(10-8-24)20-23-22-18(28-20)14-3-4-14/h5-6,11-14H,3-4,7-10H2,1-2H3. The van der Waals surface area contributed by atoms with Crippen LogP contribution in [0.1, 0.15) is 43.7 Å². The van der Waals surface area contributed by atoms with E-state index in [0.717, 1.165) is 42.5 Å². The molecule has 2 aliphatic rings. The molecular formula is C20H24N6OS. The van der Waals surface area contributed by atoms with Gasteiger partial charge >= 0.3 is 0 Å². The first-order valence-corrected chi connectivity index (χ1v) is 10.8. The summed E-state index contributed by atoms with van der Waals surface area (Å²) < 4.78 is 1.68. The fourth-order valence-electron chi connectivity index (χ4n) is 3.69. The summed E-state index contributed by atoms with van der Waals surface area (Å²) in [7, 11) is 0. The first-order chi connectivity index (χ1) is 13.6. The molecule has 0 radical (unpaired) electrons. The minimum absolute atomic E-state index is 0.0269. The predicted octanol–water partition coefficient (Wildman–Crippen LogP) is 3.03. The number of piperazine rings is 1. The van der Waals surface area contributed by atoms with E-state index in [0.29, 0.717) is 11.3 Å². The first kappa shape index (κ1) is 17.6. The lowest BCUT2D eigenvalue weighted by Crippen LogP contribution is -2.46. The Labute approximate surface area is 167 Å². The Balaban J connectivity index is 1.32. The molecule has 146 valence electrons. The Hall–Kier alpha value is -2.48. The summed E-state index contributed by atoms with van der Waals surface area (Å²) in [6.07, 6.45) is 4.19. The average Bonchev–Trinajstić information content (AvgIpc) is 3.44. The van der Waals surface area contributed by atoms with Crippen LogP contribution in [0.4, 0.5) is 10.8 Å². The highest BCUT2D eigenvalue weighted by molar-refractivity contribution is 7.15. The van der Waals surface area contributed by atoms with Gasteiger partial charge in [0.05, 0.1) is 17.2 Å². The molecule has 3 aromatic rings. The van der Waals surface area contributed by atoms with Gasteiger partial charge in [-0.3, -0.25) is 9.36 Å². The summed E-state index contributed by atoms with van der Waals surface area (Å²) in [5.41, 5.74) is 1.91. The summed E-state index contributed by atoms with van der Waals surface area (Å²) in [6, 6.07) is 6.10. The number of nitrogens with zero attached hydrogens (tertiary/aromatic N) is 6. The van der Waals surface area contributed by atoms with Gasteiger partial charge in [-0.05, 0) is 44.9 Å². The number of benzene rings is 1. The SMILES string of the molecule is CC(C)n1cnc2cc(N3CCN(c4nnc(C5CC5)s4)CC3)ccc2c1=O. The molecule has 0 bridgehead atoms. The van der Waals surface area contributed by atoms with Gasteiger partial charge in [0.2, 0.25) is 5.13 Å². The van der Waals surface area contributed by atoms with Crippen LogP contribution in [0.15, 0.2) is 29.3 Å². The van der Waals surface area contributed by atoms with Crippen molar-refractivity contribution >= 4 is 33.1 Å². The lowest BCUT2D eigenvalue weighted by molar-refractivity contribution is 0.573. The van der Waals surface area contributed by atoms with Gasteiger partial charge in [0.1, 0.15) is 5.01 Å². The van der Waals surface area contributed by atoms with Crippen LogP contribution >= 0.6 is 11.3 Å². The molecule has 1 aliphatic heterocycles. The Morgan fingerprint density at radius 3 is 2.54 bits per heavy atom. The van der Waals surface area contributed by atoms with Gasteiger partial charge in [-0.2, -0.15) is 0 Å². The van der Waals surface area contributed by atoms with Crippen LogP contribution in [0, 0.1) is 0 Å². The number of anilines is 2. The number of aromatic nitrogens is 4. The monoisotopic (exact) mass is 396 g/mol. The highest BCUT2D eigenvalue weighted by Gasteiger charge is 2.29. The van der Waals surface area contributed by atoms with E-state index in [4.69, 9.17) is 0 Å². The van der Waals surface area contributed by atoms with E-state index in [1.165, 1.54) is 17.8 Å². The minimum atomic E-state index is 0.0269. The normalized spacial score (nSPS) is 17.7. The van der Waals surface area contributed by atoms with Gasteiger partial charge in [-0.25, -0.2) is 4.98 Å². The van der Waals surface area contributed by atoms with E-state index in [1.54, 1.807) is 22.2 Å². The largest absolute Gasteiger partial charge is 0.368 e. The van der Waals surface area contributed by atoms with E-state index < -0.39 is 0 Å². The molecule has 3 heterocycles. The maximum absolute atomic E-state index is 12.6. The lowest BCUT2D eigenvalue weighted by atomic mass is 10.2. The summed E-state index contributed by atoms with van der Waals surface area (Å²) in [5.74, 6) is 0.665. The lowest BCUT2D eigenvalue weighted by Gasteiger charge is -2.35. The molecule has 28 heavy (non-hydrogen) atoms. The molecule has 7 nitrogen and oxygen atoms in total. The number of rotatable bonds is 4. The molecule has 8 heteroatoms. The van der Waals surface area contributed by atoms with Crippen molar-refractivity contribution in [3.8, 4) is 0 Å². The number of fused-ring (bicyclic) bond motifs is 1. The summed E-state index contributed by atoms with van der Waals surface area (Å²) in [4.78, 5) is 21.8. The van der Waals surface area contributed by atoms with Gasteiger partial charge in [0.25, 0.3) is 5.56 Å². The van der Waals surface area contributed by atoms with Crippen LogP contribution in [-0.2, 0) is 0 Å². The highest BCUT2D eigenvalue weighted by atomic mass is 32.1. The average molecular weight is 397 g/mol. The number of hydrogen-bond donors (Lipinski definition) is 0. The molecule has 0 spiro atoms. The van der Waals surface area contributed by atoms with Crippen molar-refractivity contribution in [2.45, 2.75) is 38.6 Å². The molecule has 2 fully saturated rings. The first-order valence-electron chi connectivity index (χ1n) is 9.94. The van der Waals surface area contributed by atoms with E-state index in [1.807, 2.05) is 32.0 Å². The Kier molecular flexibility index (Phi) is 4.30. The zero-order chi connectivity index (χ0) is 19.3. The van der Waals surface area contributed by atoms with Crippen LogP contribution in [0.2, 0.25) is 0 Å². The molecule has 0 amide bonds. The van der Waals surface area contributed by atoms with Crippen molar-refractivity contribution < 1.29 is 0 Å². The molecule has 1 aliphatic carbocycles.